The molecule has 0 N–H and O–H groups in total. The lowest BCUT2D eigenvalue weighted by Crippen LogP contribution is -1.90. The molecule has 0 bridgehead atoms. The summed E-state index contributed by atoms with van der Waals surface area (Å²) in [4.78, 5) is 0. The Hall–Kier alpha value is -1.13. The molecule has 0 aliphatic carbocycles. The molecule has 0 aliphatic heterocycles. The van der Waals surface area contributed by atoms with Gasteiger partial charge in [-0.05, 0) is 22.4 Å². The summed E-state index contributed by atoms with van der Waals surface area (Å²) in [6, 6.07) is 20.8. The van der Waals surface area contributed by atoms with Crippen molar-refractivity contribution < 1.29 is 0 Å². The Morgan fingerprint density at radius 1 is 0.579 bits per heavy atom. The van der Waals surface area contributed by atoms with E-state index in [9.17, 15) is 0 Å². The molecule has 2 rings (SSSR count). The Labute approximate surface area is 120 Å². The zero-order valence-electron chi connectivity index (χ0n) is 12.4. The molecule has 0 amide bonds. The summed E-state index contributed by atoms with van der Waals surface area (Å²) >= 11 is 0. The molecule has 0 saturated heterocycles. The Morgan fingerprint density at radius 2 is 0.895 bits per heavy atom. The first kappa shape index (κ1) is 15.9. The quantitative estimate of drug-likeness (QED) is 0.616. The van der Waals surface area contributed by atoms with E-state index in [1.807, 2.05) is 12.1 Å². The van der Waals surface area contributed by atoms with Gasteiger partial charge in [-0.3, -0.25) is 0 Å². The highest BCUT2D eigenvalue weighted by Gasteiger charge is 1.95. The predicted molar refractivity (Wildman–Crippen MR) is 90.5 cm³/mol. The minimum atomic E-state index is 0.903. The Kier molecular flexibility index (Phi) is 7.45. The molecule has 0 spiro atoms. The molecule has 0 aliphatic rings. The molecule has 1 heteroatoms. The van der Waals surface area contributed by atoms with Crippen LogP contribution in [0.5, 0.6) is 0 Å². The molecule has 2 aromatic carbocycles. The van der Waals surface area contributed by atoms with Crippen molar-refractivity contribution >= 4 is 8.58 Å². The van der Waals surface area contributed by atoms with Gasteiger partial charge in [-0.25, -0.2) is 0 Å². The zero-order valence-corrected chi connectivity index (χ0v) is 13.4. The Bertz CT molecular complexity index is 388. The first-order valence-corrected chi connectivity index (χ1v) is 8.11. The fraction of sp³-hybridized carbons (Fsp3) is 0.333. The largest absolute Gasteiger partial charge is 0.117 e. The molecule has 0 atom stereocenters. The van der Waals surface area contributed by atoms with E-state index in [2.05, 4.69) is 76.2 Å². The van der Waals surface area contributed by atoms with Gasteiger partial charge in [-0.15, -0.1) is 8.58 Å². The smallest absolute Gasteiger partial charge is 0.0184 e. The molecule has 102 valence electrons. The van der Waals surface area contributed by atoms with E-state index in [-0.39, 0.29) is 0 Å². The third kappa shape index (κ3) is 7.13. The van der Waals surface area contributed by atoms with Gasteiger partial charge < -0.3 is 0 Å². The Morgan fingerprint density at radius 3 is 1.11 bits per heavy atom. The van der Waals surface area contributed by atoms with Crippen LogP contribution in [0.2, 0.25) is 0 Å². The zero-order chi connectivity index (χ0) is 14.1. The number of rotatable bonds is 3. The molecule has 0 heterocycles. The second kappa shape index (κ2) is 8.88. The van der Waals surface area contributed by atoms with Gasteiger partial charge in [0, 0.05) is 0 Å². The van der Waals surface area contributed by atoms with Crippen LogP contribution in [0, 0.1) is 0 Å². The molecule has 0 nitrogen and oxygen atoms in total. The van der Waals surface area contributed by atoms with E-state index in [0.29, 0.717) is 0 Å². The van der Waals surface area contributed by atoms with Gasteiger partial charge in [0.2, 0.25) is 0 Å². The second-order valence-corrected chi connectivity index (χ2v) is 7.85. The number of benzene rings is 2. The van der Waals surface area contributed by atoms with Crippen LogP contribution >= 0.6 is 8.58 Å². The van der Waals surface area contributed by atoms with Gasteiger partial charge in [-0.1, -0.05) is 88.4 Å². The lowest BCUT2D eigenvalue weighted by Gasteiger charge is -2.06. The maximum atomic E-state index is 2.28. The van der Waals surface area contributed by atoms with Crippen LogP contribution in [0.15, 0.2) is 60.7 Å². The minimum absolute atomic E-state index is 0.903. The average molecular weight is 272 g/mol. The highest BCUT2D eigenvalue weighted by atomic mass is 31.1. The van der Waals surface area contributed by atoms with Crippen molar-refractivity contribution in [1.82, 2.24) is 0 Å². The Balaban J connectivity index is 0.000000224. The maximum Gasteiger partial charge on any atom is -0.0184 e. The van der Waals surface area contributed by atoms with Crippen LogP contribution in [0.4, 0.5) is 0 Å². The lowest BCUT2D eigenvalue weighted by atomic mass is 10.1. The average Bonchev–Trinajstić information content (AvgIpc) is 2.40. The van der Waals surface area contributed by atoms with Crippen LogP contribution in [-0.2, 0) is 0 Å². The minimum Gasteiger partial charge on any atom is -0.117 e. The van der Waals surface area contributed by atoms with Crippen molar-refractivity contribution in [3.63, 3.8) is 0 Å². The van der Waals surface area contributed by atoms with Crippen LogP contribution in [0.25, 0.3) is 11.1 Å². The van der Waals surface area contributed by atoms with Gasteiger partial charge in [0.25, 0.3) is 0 Å². The standard InChI is InChI=1S/C12H10.C6H15P/c1-3-7-11(8-4-1)12-9-5-2-6-10-12;1-5(2)7-6(3)4/h1-10H;5-7H,1-4H3. The lowest BCUT2D eigenvalue weighted by molar-refractivity contribution is 1.03. The molecular formula is C18H25P. The number of hydrogen-bond acceptors (Lipinski definition) is 0. The third-order valence-corrected chi connectivity index (χ3v) is 3.88. The summed E-state index contributed by atoms with van der Waals surface area (Å²) in [5.41, 5.74) is 4.36. The van der Waals surface area contributed by atoms with E-state index in [0.717, 1.165) is 19.9 Å². The van der Waals surface area contributed by atoms with Crippen molar-refractivity contribution in [2.24, 2.45) is 0 Å². The first-order chi connectivity index (χ1) is 9.09. The highest BCUT2D eigenvalue weighted by molar-refractivity contribution is 7.39. The van der Waals surface area contributed by atoms with Crippen LogP contribution in [0.1, 0.15) is 27.7 Å². The maximum absolute atomic E-state index is 2.28. The highest BCUT2D eigenvalue weighted by Crippen LogP contribution is 2.23. The second-order valence-electron chi connectivity index (χ2n) is 5.21. The van der Waals surface area contributed by atoms with Gasteiger partial charge in [0.1, 0.15) is 0 Å². The number of hydrogen-bond donors (Lipinski definition) is 0. The van der Waals surface area contributed by atoms with E-state index in [1.165, 1.54) is 11.1 Å². The molecule has 2 aromatic rings. The summed E-state index contributed by atoms with van der Waals surface area (Å²) in [6.07, 6.45) is 0. The fourth-order valence-electron chi connectivity index (χ4n) is 1.93. The normalized spacial score (nSPS) is 10.2. The van der Waals surface area contributed by atoms with Crippen molar-refractivity contribution in [2.75, 3.05) is 0 Å². The fourth-order valence-corrected chi connectivity index (χ4v) is 3.26. The molecule has 0 unspecified atom stereocenters. The van der Waals surface area contributed by atoms with Crippen LogP contribution in [0.3, 0.4) is 0 Å². The summed E-state index contributed by atoms with van der Waals surface area (Å²) in [5.74, 6) is 0. The molecule has 0 radical (unpaired) electrons. The van der Waals surface area contributed by atoms with Crippen LogP contribution in [-0.4, -0.2) is 11.3 Å². The van der Waals surface area contributed by atoms with Gasteiger partial charge in [0.05, 0.1) is 0 Å². The third-order valence-electron chi connectivity index (χ3n) is 2.55. The molecule has 19 heavy (non-hydrogen) atoms. The first-order valence-electron chi connectivity index (χ1n) is 6.96. The van der Waals surface area contributed by atoms with Crippen molar-refractivity contribution in [1.29, 1.82) is 0 Å². The SMILES string of the molecule is CC(C)PC(C)C.c1ccc(-c2ccccc2)cc1. The van der Waals surface area contributed by atoms with E-state index in [1.54, 1.807) is 0 Å². The molecule has 0 fully saturated rings. The van der Waals surface area contributed by atoms with Crippen molar-refractivity contribution in [2.45, 2.75) is 39.0 Å². The van der Waals surface area contributed by atoms with Crippen LogP contribution < -0.4 is 0 Å². The molecule has 0 aromatic heterocycles. The van der Waals surface area contributed by atoms with E-state index in [4.69, 9.17) is 0 Å². The monoisotopic (exact) mass is 272 g/mol. The van der Waals surface area contributed by atoms with E-state index < -0.39 is 0 Å². The summed E-state index contributed by atoms with van der Waals surface area (Å²) < 4.78 is 0. The molecular weight excluding hydrogens is 247 g/mol. The van der Waals surface area contributed by atoms with Gasteiger partial charge in [-0.2, -0.15) is 0 Å². The summed E-state index contributed by atoms with van der Waals surface area (Å²) in [6.45, 7) is 9.10. The molecule has 0 saturated carbocycles. The predicted octanol–water partition coefficient (Wildman–Crippen LogP) is 5.84. The van der Waals surface area contributed by atoms with Gasteiger partial charge >= 0.3 is 0 Å². The van der Waals surface area contributed by atoms with E-state index >= 15 is 0 Å². The van der Waals surface area contributed by atoms with Crippen molar-refractivity contribution in [3.05, 3.63) is 60.7 Å². The van der Waals surface area contributed by atoms with Gasteiger partial charge in [0.15, 0.2) is 0 Å². The topological polar surface area (TPSA) is 0 Å². The summed E-state index contributed by atoms with van der Waals surface area (Å²) in [7, 11) is 1.15. The summed E-state index contributed by atoms with van der Waals surface area (Å²) in [5, 5.41) is 0. The van der Waals surface area contributed by atoms with Crippen molar-refractivity contribution in [3.8, 4) is 11.1 Å².